The van der Waals surface area contributed by atoms with E-state index in [1.54, 1.807) is 56.8 Å². The van der Waals surface area contributed by atoms with Gasteiger partial charge in [-0.25, -0.2) is 9.37 Å². The molecule has 0 atom stereocenters. The van der Waals surface area contributed by atoms with E-state index in [0.717, 1.165) is 12.0 Å². The number of hydrogen-bond donors (Lipinski definition) is 1. The summed E-state index contributed by atoms with van der Waals surface area (Å²) in [5.41, 5.74) is 3.50. The zero-order valence-electron chi connectivity index (χ0n) is 25.3. The number of fused-ring (bicyclic) bond motifs is 1. The van der Waals surface area contributed by atoms with E-state index in [1.807, 2.05) is 12.1 Å². The van der Waals surface area contributed by atoms with Crippen molar-refractivity contribution in [2.24, 2.45) is 7.05 Å². The normalized spacial score (nSPS) is 13.7. The molecule has 0 unspecified atom stereocenters. The summed E-state index contributed by atoms with van der Waals surface area (Å²) in [6.07, 6.45) is -3.79. The van der Waals surface area contributed by atoms with Crippen LogP contribution in [0.1, 0.15) is 31.0 Å². The highest BCUT2D eigenvalue weighted by Gasteiger charge is 2.43. The van der Waals surface area contributed by atoms with Crippen LogP contribution in [-0.4, -0.2) is 33.3 Å². The molecule has 13 heteroatoms. The van der Waals surface area contributed by atoms with E-state index >= 15 is 4.39 Å². The Bertz CT molecular complexity index is 2030. The standard InChI is InChI=1S/C33H27F3N4O5S/c1-17-38-30(19-7-9-26-27(12-19)45-33(35,36)44-26)31(43-17)22-10-18(20-11-24(34)23(15-41)28(13-20)46-42-5)6-8-21(22)25-14-29(39-40(25)4)32(2,3)16-37/h6-14,41H,15H2,1-5H3. The van der Waals surface area contributed by atoms with E-state index in [0.29, 0.717) is 61.4 Å². The smallest absolute Gasteiger partial charge is 0.440 e. The molecule has 1 aliphatic heterocycles. The number of aliphatic hydroxyl groups excluding tert-OH is 1. The van der Waals surface area contributed by atoms with Crippen LogP contribution < -0.4 is 9.47 Å². The maximum atomic E-state index is 15.2. The molecule has 0 saturated heterocycles. The van der Waals surface area contributed by atoms with Crippen molar-refractivity contribution in [1.29, 1.82) is 5.26 Å². The van der Waals surface area contributed by atoms with E-state index in [9.17, 15) is 19.1 Å². The number of halogens is 3. The van der Waals surface area contributed by atoms with Crippen molar-refractivity contribution in [3.8, 4) is 62.5 Å². The molecule has 0 bridgehead atoms. The second-order valence-electron chi connectivity index (χ2n) is 11.1. The molecule has 0 spiro atoms. The van der Waals surface area contributed by atoms with Gasteiger partial charge < -0.3 is 23.2 Å². The van der Waals surface area contributed by atoms with Gasteiger partial charge in [-0.15, -0.1) is 8.78 Å². The van der Waals surface area contributed by atoms with Crippen LogP contribution in [0.15, 0.2) is 63.9 Å². The first kappa shape index (κ1) is 31.2. The number of hydrogen-bond acceptors (Lipinski definition) is 9. The third-order valence-corrected chi connectivity index (χ3v) is 8.28. The van der Waals surface area contributed by atoms with Gasteiger partial charge in [0.1, 0.15) is 11.5 Å². The summed E-state index contributed by atoms with van der Waals surface area (Å²) in [5, 5.41) is 24.1. The van der Waals surface area contributed by atoms with E-state index in [4.69, 9.17) is 8.60 Å². The Morgan fingerprint density at radius 3 is 2.48 bits per heavy atom. The summed E-state index contributed by atoms with van der Waals surface area (Å²) in [5.74, 6) is -0.257. The Labute approximate surface area is 266 Å². The summed E-state index contributed by atoms with van der Waals surface area (Å²) < 4.78 is 65.0. The van der Waals surface area contributed by atoms with Crippen LogP contribution in [-0.2, 0) is 23.3 Å². The summed E-state index contributed by atoms with van der Waals surface area (Å²) in [6, 6.07) is 16.9. The van der Waals surface area contributed by atoms with E-state index < -0.39 is 24.1 Å². The molecule has 2 aromatic heterocycles. The molecule has 6 rings (SSSR count). The fourth-order valence-electron chi connectivity index (χ4n) is 5.21. The van der Waals surface area contributed by atoms with Gasteiger partial charge in [-0.1, -0.05) is 12.1 Å². The van der Waals surface area contributed by atoms with Gasteiger partial charge >= 0.3 is 6.29 Å². The lowest BCUT2D eigenvalue weighted by Crippen LogP contribution is -2.25. The minimum atomic E-state index is -3.79. The second kappa shape index (κ2) is 11.5. The molecule has 5 aromatic rings. The molecule has 9 nitrogen and oxygen atoms in total. The molecule has 0 aliphatic carbocycles. The highest BCUT2D eigenvalue weighted by atomic mass is 32.2. The predicted octanol–water partition coefficient (Wildman–Crippen LogP) is 7.79. The highest BCUT2D eigenvalue weighted by Crippen LogP contribution is 2.46. The molecule has 0 saturated carbocycles. The fraction of sp³-hybridized carbons (Fsp3) is 0.242. The lowest BCUT2D eigenvalue weighted by Gasteiger charge is -2.14. The lowest BCUT2D eigenvalue weighted by atomic mass is 9.90. The van der Waals surface area contributed by atoms with Crippen LogP contribution in [0.4, 0.5) is 13.2 Å². The van der Waals surface area contributed by atoms with Gasteiger partial charge in [0.25, 0.3) is 0 Å². The zero-order valence-corrected chi connectivity index (χ0v) is 26.1. The molecule has 236 valence electrons. The highest BCUT2D eigenvalue weighted by molar-refractivity contribution is 7.94. The van der Waals surface area contributed by atoms with Crippen molar-refractivity contribution in [2.75, 3.05) is 7.11 Å². The Kier molecular flexibility index (Phi) is 7.84. The van der Waals surface area contributed by atoms with Crippen LogP contribution >= 0.6 is 12.0 Å². The molecule has 0 amide bonds. The van der Waals surface area contributed by atoms with Gasteiger partial charge in [0.15, 0.2) is 23.1 Å². The quantitative estimate of drug-likeness (QED) is 0.168. The number of rotatable bonds is 8. The first-order valence-corrected chi connectivity index (χ1v) is 14.7. The van der Waals surface area contributed by atoms with Gasteiger partial charge in [-0.3, -0.25) is 4.68 Å². The Hall–Kier alpha value is -4.77. The molecule has 0 radical (unpaired) electrons. The van der Waals surface area contributed by atoms with E-state index in [2.05, 4.69) is 25.6 Å². The second-order valence-corrected chi connectivity index (χ2v) is 12.1. The molecule has 3 aromatic carbocycles. The van der Waals surface area contributed by atoms with Crippen molar-refractivity contribution in [3.05, 3.63) is 77.6 Å². The number of aliphatic hydroxyl groups is 1. The van der Waals surface area contributed by atoms with E-state index in [-0.39, 0.29) is 17.1 Å². The minimum absolute atomic E-state index is 0.108. The Morgan fingerprint density at radius 1 is 1.02 bits per heavy atom. The molecule has 3 heterocycles. The average molecular weight is 649 g/mol. The third kappa shape index (κ3) is 5.60. The molecule has 0 fully saturated rings. The number of ether oxygens (including phenoxy) is 2. The monoisotopic (exact) mass is 648 g/mol. The number of oxazole rings is 1. The fourth-order valence-corrected chi connectivity index (χ4v) is 5.83. The number of aryl methyl sites for hydroxylation is 2. The predicted molar refractivity (Wildman–Crippen MR) is 163 cm³/mol. The molecular formula is C33H27F3N4O5S. The topological polar surface area (TPSA) is 116 Å². The largest absolute Gasteiger partial charge is 0.586 e. The van der Waals surface area contributed by atoms with Gasteiger partial charge in [-0.2, -0.15) is 10.4 Å². The summed E-state index contributed by atoms with van der Waals surface area (Å²) in [7, 11) is 3.20. The number of benzene rings is 3. The van der Waals surface area contributed by atoms with Crippen molar-refractivity contribution < 1.29 is 36.4 Å². The molecule has 46 heavy (non-hydrogen) atoms. The minimum Gasteiger partial charge on any atom is -0.440 e. The van der Waals surface area contributed by atoms with Gasteiger partial charge in [0, 0.05) is 53.2 Å². The number of nitrogens with zero attached hydrogens (tertiary/aromatic N) is 4. The SMILES string of the molecule is COSc1cc(-c2ccc(-c3cc(C(C)(C)C#N)nn3C)c(-c3oc(C)nc3-c3ccc4c(c3)OC(F)(F)O4)c2)cc(F)c1CO. The van der Waals surface area contributed by atoms with Crippen LogP contribution in [0, 0.1) is 24.1 Å². The van der Waals surface area contributed by atoms with Crippen molar-refractivity contribution in [2.45, 2.75) is 44.0 Å². The lowest BCUT2D eigenvalue weighted by molar-refractivity contribution is -0.286. The number of alkyl halides is 2. The number of aromatic nitrogens is 3. The maximum absolute atomic E-state index is 15.2. The first-order valence-electron chi connectivity index (χ1n) is 14.0. The van der Waals surface area contributed by atoms with Crippen LogP contribution in [0.5, 0.6) is 11.5 Å². The van der Waals surface area contributed by atoms with Crippen molar-refractivity contribution in [3.63, 3.8) is 0 Å². The van der Waals surface area contributed by atoms with Crippen LogP contribution in [0.3, 0.4) is 0 Å². The van der Waals surface area contributed by atoms with Gasteiger partial charge in [-0.05, 0) is 67.4 Å². The van der Waals surface area contributed by atoms with Crippen LogP contribution in [0.25, 0.3) is 45.0 Å². The Balaban J connectivity index is 1.58. The molecular weight excluding hydrogens is 621 g/mol. The average Bonchev–Trinajstić information content (AvgIpc) is 3.69. The molecule has 1 aliphatic rings. The van der Waals surface area contributed by atoms with E-state index in [1.165, 1.54) is 25.3 Å². The Morgan fingerprint density at radius 2 is 1.76 bits per heavy atom. The van der Waals surface area contributed by atoms with Crippen molar-refractivity contribution in [1.82, 2.24) is 14.8 Å². The zero-order chi connectivity index (χ0) is 33.0. The van der Waals surface area contributed by atoms with Crippen LogP contribution in [0.2, 0.25) is 0 Å². The van der Waals surface area contributed by atoms with Crippen molar-refractivity contribution >= 4 is 12.0 Å². The summed E-state index contributed by atoms with van der Waals surface area (Å²) >= 11 is 0.930. The van der Waals surface area contributed by atoms with Gasteiger partial charge in [0.2, 0.25) is 0 Å². The first-order chi connectivity index (χ1) is 21.8. The molecule has 1 N–H and O–H groups in total. The summed E-state index contributed by atoms with van der Waals surface area (Å²) in [6.45, 7) is 4.69. The maximum Gasteiger partial charge on any atom is 0.586 e. The number of nitriles is 1. The van der Waals surface area contributed by atoms with Gasteiger partial charge in [0.05, 0.1) is 36.6 Å². The summed E-state index contributed by atoms with van der Waals surface area (Å²) in [4.78, 5) is 5.00. The third-order valence-electron chi connectivity index (χ3n) is 7.57.